The molecule has 40 heavy (non-hydrogen) atoms. The van der Waals surface area contributed by atoms with Crippen LogP contribution in [0.2, 0.25) is 0 Å². The molecule has 0 aliphatic rings. The summed E-state index contributed by atoms with van der Waals surface area (Å²) in [6.07, 6.45) is 6.15. The molecule has 4 rings (SSSR count). The normalized spacial score (nSPS) is 11.6. The van der Waals surface area contributed by atoms with E-state index in [1.165, 1.54) is 74.0 Å². The summed E-state index contributed by atoms with van der Waals surface area (Å²) in [5.74, 6) is -1.11. The van der Waals surface area contributed by atoms with E-state index in [0.29, 0.717) is 28.7 Å². The molecule has 0 aliphatic carbocycles. The quantitative estimate of drug-likeness (QED) is 0.169. The number of carbonyl (C=O) groups excluding carboxylic acids is 1. The Bertz CT molecular complexity index is 1620. The van der Waals surface area contributed by atoms with Crippen LogP contribution in [0, 0.1) is 11.6 Å². The van der Waals surface area contributed by atoms with Gasteiger partial charge in [-0.25, -0.2) is 18.3 Å². The van der Waals surface area contributed by atoms with Crippen LogP contribution in [0.15, 0.2) is 85.1 Å². The number of carbonyl (C=O) groups is 1. The van der Waals surface area contributed by atoms with E-state index in [1.807, 2.05) is 12.1 Å². The summed E-state index contributed by atoms with van der Waals surface area (Å²) in [7, 11) is 0.274. The van der Waals surface area contributed by atoms with Gasteiger partial charge in [-0.3, -0.25) is 4.79 Å². The second kappa shape index (κ2) is 13.5. The number of aldehydes is 1. The van der Waals surface area contributed by atoms with Crippen molar-refractivity contribution in [1.29, 1.82) is 0 Å². The molecule has 0 saturated carbocycles. The number of nitrogens with zero attached hydrogens (tertiary/aromatic N) is 3. The zero-order chi connectivity index (χ0) is 29.3. The molecule has 0 spiro atoms. The second-order valence-corrected chi connectivity index (χ2v) is 9.76. The first kappa shape index (κ1) is 30.0. The lowest BCUT2D eigenvalue weighted by molar-refractivity contribution is -0.670. The Morgan fingerprint density at radius 1 is 1.02 bits per heavy atom. The van der Waals surface area contributed by atoms with Crippen LogP contribution in [-0.2, 0) is 28.6 Å². The number of aryl methyl sites for hydroxylation is 1. The summed E-state index contributed by atoms with van der Waals surface area (Å²) in [5, 5.41) is 0. The van der Waals surface area contributed by atoms with E-state index in [1.54, 1.807) is 26.1 Å². The maximum absolute atomic E-state index is 15.1. The fourth-order valence-corrected chi connectivity index (χ4v) is 4.50. The molecule has 0 aliphatic heterocycles. The molecule has 4 aromatic rings. The van der Waals surface area contributed by atoms with Gasteiger partial charge in [0.25, 0.3) is 6.33 Å². The number of ether oxygens (including phenoxy) is 2. The smallest absolute Gasteiger partial charge is 0.491 e. The van der Waals surface area contributed by atoms with Gasteiger partial charge in [-0.15, -0.1) is 8.42 Å². The van der Waals surface area contributed by atoms with Gasteiger partial charge in [-0.2, -0.15) is 0 Å². The van der Waals surface area contributed by atoms with Crippen LogP contribution >= 0.6 is 0 Å². The Morgan fingerprint density at radius 2 is 1.75 bits per heavy atom. The summed E-state index contributed by atoms with van der Waals surface area (Å²) in [6.45, 7) is 1.75. The predicted molar refractivity (Wildman–Crippen MR) is 143 cm³/mol. The minimum atomic E-state index is -4.28. The fraction of sp³-hybridized carbons (Fsp3) is 0.179. The van der Waals surface area contributed by atoms with Crippen molar-refractivity contribution in [2.75, 3.05) is 14.2 Å². The highest BCUT2D eigenvalue weighted by molar-refractivity contribution is 7.85. The Kier molecular flexibility index (Phi) is 10.1. The molecule has 0 saturated heterocycles. The highest BCUT2D eigenvalue weighted by Gasteiger charge is 2.25. The molecule has 12 heteroatoms. The van der Waals surface area contributed by atoms with Gasteiger partial charge in [0.2, 0.25) is 5.88 Å². The molecular weight excluding hydrogens is 544 g/mol. The van der Waals surface area contributed by atoms with Gasteiger partial charge in [-0.05, 0) is 47.9 Å². The largest absolute Gasteiger partial charge is 0.496 e. The number of aromatic nitrogens is 3. The van der Waals surface area contributed by atoms with Crippen LogP contribution in [0.5, 0.6) is 17.4 Å². The van der Waals surface area contributed by atoms with Crippen molar-refractivity contribution in [1.82, 2.24) is 8.96 Å². The summed E-state index contributed by atoms with van der Waals surface area (Å²) in [6, 6.07) is 14.2. The molecule has 0 N–H and O–H groups in total. The van der Waals surface area contributed by atoms with Crippen molar-refractivity contribution >= 4 is 22.2 Å². The number of hydrogen-bond acceptors (Lipinski definition) is 7. The molecule has 2 heterocycles. The monoisotopic (exact) mass is 572 g/mol. The third kappa shape index (κ3) is 7.29. The average Bonchev–Trinajstić information content (AvgIpc) is 3.41. The molecule has 0 bridgehead atoms. The van der Waals surface area contributed by atoms with Crippen molar-refractivity contribution in [3.63, 3.8) is 0 Å². The van der Waals surface area contributed by atoms with Gasteiger partial charge in [0.05, 0.1) is 21.3 Å². The number of halogens is 2. The molecule has 9 nitrogen and oxygen atoms in total. The van der Waals surface area contributed by atoms with E-state index in [0.717, 1.165) is 3.97 Å². The third-order valence-electron chi connectivity index (χ3n) is 5.68. The van der Waals surface area contributed by atoms with Crippen molar-refractivity contribution in [2.24, 2.45) is 7.05 Å². The minimum absolute atomic E-state index is 0.0394. The van der Waals surface area contributed by atoms with Gasteiger partial charge >= 0.3 is 10.3 Å². The molecular formula is C28H28F2N3O6S+. The highest BCUT2D eigenvalue weighted by atomic mass is 32.2. The van der Waals surface area contributed by atoms with Crippen LogP contribution in [0.4, 0.5) is 8.78 Å². The molecule has 0 unspecified atom stereocenters. The van der Waals surface area contributed by atoms with Crippen molar-refractivity contribution in [3.05, 3.63) is 108 Å². The minimum Gasteiger partial charge on any atom is -0.496 e. The first-order chi connectivity index (χ1) is 19.1. The molecule has 0 fully saturated rings. The molecule has 2 aromatic carbocycles. The summed E-state index contributed by atoms with van der Waals surface area (Å²) in [5.41, 5.74) is 1.80. The third-order valence-corrected chi connectivity index (χ3v) is 6.80. The number of imidazole rings is 1. The van der Waals surface area contributed by atoms with E-state index in [-0.39, 0.29) is 17.9 Å². The number of hydrogen-bond donors (Lipinski definition) is 0. The van der Waals surface area contributed by atoms with E-state index in [4.69, 9.17) is 8.92 Å². The van der Waals surface area contributed by atoms with E-state index < -0.39 is 27.7 Å². The maximum Gasteiger partial charge on any atom is 0.491 e. The van der Waals surface area contributed by atoms with E-state index in [9.17, 15) is 17.6 Å². The maximum atomic E-state index is 15.1. The topological polar surface area (TPSA) is 101 Å². The Morgan fingerprint density at radius 3 is 2.35 bits per heavy atom. The number of para-hydroxylation sites is 1. The molecule has 2 aromatic heterocycles. The number of allylic oxidation sites excluding steroid dienone is 2. The zero-order valence-electron chi connectivity index (χ0n) is 22.2. The lowest BCUT2D eigenvalue weighted by Gasteiger charge is -2.13. The Hall–Kier alpha value is -4.58. The molecule has 0 atom stereocenters. The van der Waals surface area contributed by atoms with Crippen molar-refractivity contribution in [2.45, 2.75) is 13.3 Å². The first-order valence-corrected chi connectivity index (χ1v) is 13.2. The van der Waals surface area contributed by atoms with Gasteiger partial charge in [0.15, 0.2) is 23.6 Å². The van der Waals surface area contributed by atoms with Gasteiger partial charge in [-0.1, -0.05) is 34.3 Å². The second-order valence-electron chi connectivity index (χ2n) is 8.32. The number of pyridine rings is 1. The van der Waals surface area contributed by atoms with Gasteiger partial charge in [0, 0.05) is 18.2 Å². The number of benzene rings is 2. The summed E-state index contributed by atoms with van der Waals surface area (Å²) < 4.78 is 69.5. The highest BCUT2D eigenvalue weighted by Crippen LogP contribution is 2.30. The van der Waals surface area contributed by atoms with Crippen LogP contribution in [0.1, 0.15) is 18.1 Å². The molecule has 0 amide bonds. The Balaban J connectivity index is 0.000000415. The fourth-order valence-electron chi connectivity index (χ4n) is 3.59. The number of methoxy groups -OCH3 is 2. The lowest BCUT2D eigenvalue weighted by atomic mass is 9.96. The summed E-state index contributed by atoms with van der Waals surface area (Å²) in [4.78, 5) is 15.4. The first-order valence-electron chi connectivity index (χ1n) is 11.8. The van der Waals surface area contributed by atoms with Crippen LogP contribution in [-0.4, -0.2) is 37.9 Å². The molecule has 0 radical (unpaired) electrons. The summed E-state index contributed by atoms with van der Waals surface area (Å²) >= 11 is 0. The van der Waals surface area contributed by atoms with Gasteiger partial charge in [0.1, 0.15) is 18.2 Å². The predicted octanol–water partition coefficient (Wildman–Crippen LogP) is 4.08. The Labute approximate surface area is 231 Å². The standard InChI is InChI=1S/C22H22FN2O5S.C6H6FNO/c1-16(19-8-4-5-9-20(19)29-3)18(14-26)13-17-7-6-10-21(22(17)23)30-31(27,28)25-12-11-24(2)15-25;1-9-6-5(7)3-2-4-8-6/h4-12,14-15H,13H2,1-3H3;2-4H,1H3/q+1;/b18-16-;. The van der Waals surface area contributed by atoms with E-state index in [2.05, 4.69) is 9.72 Å². The van der Waals surface area contributed by atoms with Crippen molar-refractivity contribution < 1.29 is 40.2 Å². The van der Waals surface area contributed by atoms with Crippen LogP contribution < -0.4 is 18.2 Å². The molecule has 210 valence electrons. The SMILES string of the molecule is COc1ccccc1/C(C)=C(\C=O)Cc1cccc(OS(=O)(=O)n2cc[n+](C)c2)c1F.COc1ncccc1F. The van der Waals surface area contributed by atoms with Crippen LogP contribution in [0.25, 0.3) is 5.57 Å². The van der Waals surface area contributed by atoms with Crippen molar-refractivity contribution in [3.8, 4) is 17.4 Å². The van der Waals surface area contributed by atoms with E-state index >= 15 is 4.39 Å². The lowest BCUT2D eigenvalue weighted by Crippen LogP contribution is -2.26. The zero-order valence-corrected chi connectivity index (χ0v) is 23.1. The van der Waals surface area contributed by atoms with Crippen LogP contribution in [0.3, 0.4) is 0 Å². The number of rotatable bonds is 9. The van der Waals surface area contributed by atoms with Gasteiger partial charge < -0.3 is 13.7 Å². The average molecular weight is 573 g/mol.